The molecule has 0 saturated heterocycles. The SMILES string of the molecule is COc1ccc([C@H]2Oc3ccccc3[C@@H]3CC(c4ccc(Br)cc4)=NN23)cc1OC. The quantitative estimate of drug-likeness (QED) is 0.495. The monoisotopic (exact) mass is 464 g/mol. The number of nitrogens with zero attached hydrogens (tertiary/aromatic N) is 2. The van der Waals surface area contributed by atoms with Crippen molar-refractivity contribution in [2.45, 2.75) is 18.7 Å². The van der Waals surface area contributed by atoms with Crippen LogP contribution >= 0.6 is 15.9 Å². The molecule has 0 aromatic heterocycles. The Hall–Kier alpha value is -2.99. The zero-order valence-corrected chi connectivity index (χ0v) is 18.3. The van der Waals surface area contributed by atoms with Gasteiger partial charge in [-0.1, -0.05) is 46.3 Å². The summed E-state index contributed by atoms with van der Waals surface area (Å²) in [5.74, 6) is 2.26. The average Bonchev–Trinajstić information content (AvgIpc) is 3.24. The summed E-state index contributed by atoms with van der Waals surface area (Å²) in [5.41, 5.74) is 4.30. The van der Waals surface area contributed by atoms with Crippen LogP contribution in [0.5, 0.6) is 17.2 Å². The predicted octanol–water partition coefficient (Wildman–Crippen LogP) is 5.71. The van der Waals surface area contributed by atoms with Gasteiger partial charge in [-0.15, -0.1) is 0 Å². The van der Waals surface area contributed by atoms with Crippen LogP contribution in [0.1, 0.15) is 35.4 Å². The van der Waals surface area contributed by atoms with Crippen LogP contribution in [-0.2, 0) is 0 Å². The summed E-state index contributed by atoms with van der Waals surface area (Å²) in [5, 5.41) is 7.07. The van der Waals surface area contributed by atoms with Crippen molar-refractivity contribution in [2.24, 2.45) is 5.10 Å². The standard InChI is InChI=1S/C24H21BrN2O3/c1-28-22-12-9-16(13-23(22)29-2)24-27-20(18-5-3-4-6-21(18)30-24)14-19(26-27)15-7-10-17(25)11-8-15/h3-13,20,24H,14H2,1-2H3/t20-,24+/m0/s1. The van der Waals surface area contributed by atoms with E-state index < -0.39 is 0 Å². The highest BCUT2D eigenvalue weighted by molar-refractivity contribution is 9.10. The summed E-state index contributed by atoms with van der Waals surface area (Å²) in [4.78, 5) is 0. The fourth-order valence-corrected chi connectivity index (χ4v) is 4.34. The first-order chi connectivity index (χ1) is 14.7. The third kappa shape index (κ3) is 3.21. The molecule has 0 fully saturated rings. The maximum atomic E-state index is 6.42. The highest BCUT2D eigenvalue weighted by Crippen LogP contribution is 2.48. The summed E-state index contributed by atoms with van der Waals surface area (Å²) in [6.07, 6.45) is 0.476. The van der Waals surface area contributed by atoms with Gasteiger partial charge < -0.3 is 14.2 Å². The van der Waals surface area contributed by atoms with E-state index in [1.54, 1.807) is 14.2 Å². The van der Waals surface area contributed by atoms with E-state index in [9.17, 15) is 0 Å². The van der Waals surface area contributed by atoms with E-state index >= 15 is 0 Å². The number of hydrogen-bond acceptors (Lipinski definition) is 5. The van der Waals surface area contributed by atoms with Crippen molar-refractivity contribution in [3.05, 3.63) is 87.9 Å². The molecule has 0 aliphatic carbocycles. The van der Waals surface area contributed by atoms with Gasteiger partial charge in [-0.2, -0.15) is 5.10 Å². The lowest BCUT2D eigenvalue weighted by Crippen LogP contribution is -2.33. The Morgan fingerprint density at radius 2 is 1.73 bits per heavy atom. The van der Waals surface area contributed by atoms with Crippen LogP contribution in [0.4, 0.5) is 0 Å². The van der Waals surface area contributed by atoms with Gasteiger partial charge >= 0.3 is 0 Å². The minimum atomic E-state index is -0.349. The minimum Gasteiger partial charge on any atom is -0.493 e. The Balaban J connectivity index is 1.58. The van der Waals surface area contributed by atoms with Crippen LogP contribution in [0, 0.1) is 0 Å². The van der Waals surface area contributed by atoms with Gasteiger partial charge in [-0.3, -0.25) is 0 Å². The summed E-state index contributed by atoms with van der Waals surface area (Å²) in [6, 6.07) is 22.5. The number of halogens is 1. The van der Waals surface area contributed by atoms with Crippen molar-refractivity contribution in [1.29, 1.82) is 0 Å². The third-order valence-corrected chi connectivity index (χ3v) is 6.10. The van der Waals surface area contributed by atoms with Gasteiger partial charge in [0.1, 0.15) is 5.75 Å². The molecule has 6 heteroatoms. The smallest absolute Gasteiger partial charge is 0.214 e. The second-order valence-corrected chi connectivity index (χ2v) is 8.19. The number of para-hydroxylation sites is 1. The molecule has 2 atom stereocenters. The molecule has 3 aromatic rings. The maximum Gasteiger partial charge on any atom is 0.214 e. The van der Waals surface area contributed by atoms with Crippen LogP contribution in [0.15, 0.2) is 76.3 Å². The maximum absolute atomic E-state index is 6.42. The number of rotatable bonds is 4. The molecule has 2 aliphatic heterocycles. The van der Waals surface area contributed by atoms with E-state index in [2.05, 4.69) is 45.2 Å². The highest BCUT2D eigenvalue weighted by atomic mass is 79.9. The van der Waals surface area contributed by atoms with Gasteiger partial charge in [-0.05, 0) is 42.0 Å². The average molecular weight is 465 g/mol. The molecule has 30 heavy (non-hydrogen) atoms. The van der Waals surface area contributed by atoms with Gasteiger partial charge in [0.15, 0.2) is 11.5 Å². The van der Waals surface area contributed by atoms with E-state index in [4.69, 9.17) is 19.3 Å². The molecule has 152 valence electrons. The molecule has 0 radical (unpaired) electrons. The summed E-state index contributed by atoms with van der Waals surface area (Å²) in [7, 11) is 3.28. The lowest BCUT2D eigenvalue weighted by Gasteiger charge is -2.38. The summed E-state index contributed by atoms with van der Waals surface area (Å²) >= 11 is 3.51. The van der Waals surface area contributed by atoms with Gasteiger partial charge in [-0.25, -0.2) is 5.01 Å². The molecule has 2 heterocycles. The van der Waals surface area contributed by atoms with Crippen molar-refractivity contribution in [3.8, 4) is 17.2 Å². The van der Waals surface area contributed by atoms with Gasteiger partial charge in [0.2, 0.25) is 6.23 Å². The molecule has 5 nitrogen and oxygen atoms in total. The topological polar surface area (TPSA) is 43.3 Å². The Morgan fingerprint density at radius 3 is 2.50 bits per heavy atom. The molecule has 0 bridgehead atoms. The second-order valence-electron chi connectivity index (χ2n) is 7.28. The Kier molecular flexibility index (Phi) is 4.87. The van der Waals surface area contributed by atoms with E-state index in [-0.39, 0.29) is 12.3 Å². The van der Waals surface area contributed by atoms with Crippen LogP contribution in [-0.4, -0.2) is 24.9 Å². The predicted molar refractivity (Wildman–Crippen MR) is 119 cm³/mol. The van der Waals surface area contributed by atoms with E-state index in [0.29, 0.717) is 11.5 Å². The number of ether oxygens (including phenoxy) is 3. The summed E-state index contributed by atoms with van der Waals surface area (Å²) < 4.78 is 18.4. The lowest BCUT2D eigenvalue weighted by molar-refractivity contribution is -0.0191. The number of fused-ring (bicyclic) bond motifs is 3. The van der Waals surface area contributed by atoms with Crippen LogP contribution < -0.4 is 14.2 Å². The van der Waals surface area contributed by atoms with Crippen molar-refractivity contribution in [2.75, 3.05) is 14.2 Å². The molecular formula is C24H21BrN2O3. The second kappa shape index (κ2) is 7.69. The van der Waals surface area contributed by atoms with E-state index in [0.717, 1.165) is 39.0 Å². The van der Waals surface area contributed by atoms with Crippen LogP contribution in [0.2, 0.25) is 0 Å². The number of hydrogen-bond donors (Lipinski definition) is 0. The molecule has 3 aromatic carbocycles. The molecule has 0 unspecified atom stereocenters. The van der Waals surface area contributed by atoms with Gasteiger partial charge in [0, 0.05) is 22.0 Å². The van der Waals surface area contributed by atoms with Gasteiger partial charge in [0.25, 0.3) is 0 Å². The van der Waals surface area contributed by atoms with E-state index in [1.165, 1.54) is 0 Å². The molecule has 0 saturated carbocycles. The first-order valence-corrected chi connectivity index (χ1v) is 10.6. The van der Waals surface area contributed by atoms with E-state index in [1.807, 2.05) is 42.5 Å². The molecule has 5 rings (SSSR count). The van der Waals surface area contributed by atoms with Crippen molar-refractivity contribution < 1.29 is 14.2 Å². The fraction of sp³-hybridized carbons (Fsp3) is 0.208. The van der Waals surface area contributed by atoms with Crippen molar-refractivity contribution in [1.82, 2.24) is 5.01 Å². The third-order valence-electron chi connectivity index (χ3n) is 5.57. The molecular weight excluding hydrogens is 444 g/mol. The van der Waals surface area contributed by atoms with Crippen LogP contribution in [0.25, 0.3) is 0 Å². The number of hydrazone groups is 1. The minimum absolute atomic E-state index is 0.117. The number of methoxy groups -OCH3 is 2. The summed E-state index contributed by atoms with van der Waals surface area (Å²) in [6.45, 7) is 0. The zero-order chi connectivity index (χ0) is 20.7. The molecule has 2 aliphatic rings. The first-order valence-electron chi connectivity index (χ1n) is 9.77. The van der Waals surface area contributed by atoms with Crippen LogP contribution in [0.3, 0.4) is 0 Å². The Bertz CT molecular complexity index is 1110. The zero-order valence-electron chi connectivity index (χ0n) is 16.7. The Morgan fingerprint density at radius 1 is 0.967 bits per heavy atom. The van der Waals surface area contributed by atoms with Gasteiger partial charge in [0.05, 0.1) is 26.0 Å². The molecule has 0 N–H and O–H groups in total. The molecule has 0 spiro atoms. The number of benzene rings is 3. The largest absolute Gasteiger partial charge is 0.493 e. The fourth-order valence-electron chi connectivity index (χ4n) is 4.08. The first kappa shape index (κ1) is 19.0. The lowest BCUT2D eigenvalue weighted by atomic mass is 9.96. The van der Waals surface area contributed by atoms with Crippen molar-refractivity contribution in [3.63, 3.8) is 0 Å². The molecule has 0 amide bonds. The highest BCUT2D eigenvalue weighted by Gasteiger charge is 2.41. The normalized spacial score (nSPS) is 19.4. The van der Waals surface area contributed by atoms with Crippen molar-refractivity contribution >= 4 is 21.6 Å². The Labute approximate surface area is 184 Å².